The van der Waals surface area contributed by atoms with Crippen molar-refractivity contribution in [3.63, 3.8) is 0 Å². The lowest BCUT2D eigenvalue weighted by Gasteiger charge is -2.50. The molecule has 2 bridgehead atoms. The summed E-state index contributed by atoms with van der Waals surface area (Å²) in [7, 11) is 2.00. The number of hydrogen-bond donors (Lipinski definition) is 2. The summed E-state index contributed by atoms with van der Waals surface area (Å²) in [5.41, 5.74) is 0.379. The van der Waals surface area contributed by atoms with E-state index in [0.29, 0.717) is 50.7 Å². The number of likely N-dealkylation sites (N-methyl/N-ethyl adjacent to an activating group) is 1. The smallest absolute Gasteiger partial charge is 0.316 e. The molecule has 0 aromatic heterocycles. The number of esters is 1. The largest absolute Gasteiger partial charge is 0.459 e. The Balaban J connectivity index is 1.97. The van der Waals surface area contributed by atoms with Crippen molar-refractivity contribution in [3.05, 3.63) is 53.6 Å². The molecule has 58 heavy (non-hydrogen) atoms. The highest BCUT2D eigenvalue weighted by Crippen LogP contribution is 2.47. The molecular weight excluding hydrogens is 733 g/mol. The lowest BCUT2D eigenvalue weighted by atomic mass is 9.65. The number of nitrogens with zero attached hydrogens (tertiary/aromatic N) is 2. The fourth-order valence-electron chi connectivity index (χ4n) is 10.0. The van der Waals surface area contributed by atoms with E-state index in [1.165, 1.54) is 6.92 Å². The van der Waals surface area contributed by atoms with Crippen molar-refractivity contribution in [2.75, 3.05) is 7.05 Å². The van der Waals surface area contributed by atoms with Gasteiger partial charge in [0, 0.05) is 36.1 Å². The molecular formula is C48H74N2O8. The SMILES string of the molecule is CC[C@H]1OC(=O)[C@H](C)C(=O)[C@H](C)[C@@H](O[C@@H]2O[C@H](C)C[C@H](N(C)C(C)(C)C)[C@H]2O)[C@]2(C)CC/C(=C/C=C/c3ccccc3)CC[C@H]([C@@H](C)/C(=N/C(C)=O)[C@H](C)C2)[C@]1(C)O. The van der Waals surface area contributed by atoms with E-state index >= 15 is 0 Å². The summed E-state index contributed by atoms with van der Waals surface area (Å²) < 4.78 is 19.6. The third-order valence-corrected chi connectivity index (χ3v) is 13.7. The molecule has 0 unspecified atom stereocenters. The second kappa shape index (κ2) is 19.6. The molecule has 4 rings (SSSR count). The molecule has 1 aromatic carbocycles. The zero-order valence-corrected chi connectivity index (χ0v) is 37.7. The first-order valence-electron chi connectivity index (χ1n) is 21.7. The Labute approximate surface area is 348 Å². The minimum absolute atomic E-state index is 0.238. The summed E-state index contributed by atoms with van der Waals surface area (Å²) in [5, 5.41) is 24.6. The molecule has 1 aliphatic carbocycles. The third kappa shape index (κ3) is 11.2. The molecule has 3 aliphatic rings. The van der Waals surface area contributed by atoms with Gasteiger partial charge in [-0.25, -0.2) is 4.99 Å². The fraction of sp³-hybridized carbons (Fsp3) is 0.708. The number of carbonyl (C=O) groups excluding carboxylic acids is 3. The van der Waals surface area contributed by atoms with Crippen LogP contribution in [0.15, 0.2) is 53.0 Å². The minimum atomic E-state index is -1.52. The van der Waals surface area contributed by atoms with Crippen LogP contribution in [0.1, 0.15) is 134 Å². The number of ether oxygens (including phenoxy) is 3. The van der Waals surface area contributed by atoms with E-state index in [4.69, 9.17) is 14.2 Å². The number of hydrogen-bond acceptors (Lipinski definition) is 9. The van der Waals surface area contributed by atoms with Crippen LogP contribution in [0.2, 0.25) is 0 Å². The van der Waals surface area contributed by atoms with Crippen LogP contribution in [0.3, 0.4) is 0 Å². The Bertz CT molecular complexity index is 1660. The van der Waals surface area contributed by atoms with E-state index in [9.17, 15) is 24.6 Å². The highest BCUT2D eigenvalue weighted by molar-refractivity contribution is 6.00. The van der Waals surface area contributed by atoms with Crippen molar-refractivity contribution in [2.24, 2.45) is 40.0 Å². The maximum Gasteiger partial charge on any atom is 0.316 e. The van der Waals surface area contributed by atoms with Crippen molar-refractivity contribution in [1.29, 1.82) is 0 Å². The van der Waals surface area contributed by atoms with Gasteiger partial charge in [-0.1, -0.05) is 88.8 Å². The molecule has 2 heterocycles. The predicted octanol–water partition coefficient (Wildman–Crippen LogP) is 8.38. The van der Waals surface area contributed by atoms with Crippen molar-refractivity contribution in [3.8, 4) is 0 Å². The van der Waals surface area contributed by atoms with E-state index in [0.717, 1.165) is 11.1 Å². The van der Waals surface area contributed by atoms with Crippen LogP contribution < -0.4 is 0 Å². The average molecular weight is 807 g/mol. The number of fused-ring (bicyclic) bond motifs is 5. The van der Waals surface area contributed by atoms with Crippen molar-refractivity contribution >= 4 is 29.4 Å². The van der Waals surface area contributed by atoms with Gasteiger partial charge in [-0.2, -0.15) is 0 Å². The van der Waals surface area contributed by atoms with Crippen molar-refractivity contribution < 1.29 is 38.8 Å². The molecule has 2 aliphatic heterocycles. The third-order valence-electron chi connectivity index (χ3n) is 13.7. The quantitative estimate of drug-likeness (QED) is 0.215. The number of ketones is 1. The number of amides is 1. The van der Waals surface area contributed by atoms with E-state index in [2.05, 4.69) is 74.9 Å². The zero-order valence-electron chi connectivity index (χ0n) is 37.7. The molecule has 1 saturated carbocycles. The highest BCUT2D eigenvalue weighted by Gasteiger charge is 2.52. The molecule has 10 nitrogen and oxygen atoms in total. The zero-order chi connectivity index (χ0) is 43.3. The van der Waals surface area contributed by atoms with Gasteiger partial charge < -0.3 is 24.4 Å². The fourth-order valence-corrected chi connectivity index (χ4v) is 10.0. The number of carbonyl (C=O) groups is 3. The Hall–Kier alpha value is -3.02. The van der Waals surface area contributed by atoms with Gasteiger partial charge in [0.05, 0.1) is 12.2 Å². The molecule has 0 spiro atoms. The standard InChI is InChI=1S/C48H74N2O8/c1-14-39-48(12,55)37-24-23-36(22-18-21-35-19-16-15-17-20-35)25-26-47(11,28-29(2)40(31(37)4)49-34(7)51)43(32(5)41(52)33(6)44(54)57-39)58-45-42(53)38(27-30(3)56-45)50(13)46(8,9)10/h15-22,29-33,37-39,42-43,45,53,55H,14,23-28H2,1-13H3/b21-18+,36-22+,49-40+/t29-,30-,31-,32+,33-,37-,38+,39-,42-,43-,45+,47-,48+/m1/s1. The molecule has 2 saturated heterocycles. The number of Topliss-reactive ketones (excluding diaryl/α,β-unsaturated/α-hetero) is 1. The van der Waals surface area contributed by atoms with Gasteiger partial charge in [-0.05, 0) is 116 Å². The van der Waals surface area contributed by atoms with Gasteiger partial charge >= 0.3 is 5.97 Å². The second-order valence-corrected chi connectivity index (χ2v) is 19.3. The lowest BCUT2D eigenvalue weighted by Crippen LogP contribution is -2.61. The monoisotopic (exact) mass is 807 g/mol. The lowest BCUT2D eigenvalue weighted by molar-refractivity contribution is -0.290. The van der Waals surface area contributed by atoms with E-state index in [1.807, 2.05) is 46.0 Å². The number of aliphatic hydroxyl groups is 2. The number of rotatable bonds is 6. The molecule has 2 N–H and O–H groups in total. The van der Waals surface area contributed by atoms with Gasteiger partial charge in [-0.15, -0.1) is 0 Å². The first-order chi connectivity index (χ1) is 27.0. The number of allylic oxidation sites excluding steroid dienone is 3. The van der Waals surface area contributed by atoms with Crippen LogP contribution in [0.5, 0.6) is 0 Å². The molecule has 0 radical (unpaired) electrons. The summed E-state index contributed by atoms with van der Waals surface area (Å²) in [6, 6.07) is 9.83. The van der Waals surface area contributed by atoms with E-state index in [1.54, 1.807) is 20.8 Å². The van der Waals surface area contributed by atoms with Crippen LogP contribution in [-0.4, -0.2) is 93.4 Å². The van der Waals surface area contributed by atoms with E-state index in [-0.39, 0.29) is 41.2 Å². The van der Waals surface area contributed by atoms with Gasteiger partial charge in [0.15, 0.2) is 12.1 Å². The average Bonchev–Trinajstić information content (AvgIpc) is 3.17. The molecule has 324 valence electrons. The molecule has 10 heteroatoms. The minimum Gasteiger partial charge on any atom is -0.459 e. The first kappa shape index (κ1) is 47.7. The number of aliphatic hydroxyl groups excluding tert-OH is 1. The van der Waals surface area contributed by atoms with Crippen LogP contribution in [-0.2, 0) is 28.6 Å². The van der Waals surface area contributed by atoms with Gasteiger partial charge in [0.1, 0.15) is 23.7 Å². The van der Waals surface area contributed by atoms with Gasteiger partial charge in [0.2, 0.25) is 5.91 Å². The number of cyclic esters (lactones) is 1. The summed E-state index contributed by atoms with van der Waals surface area (Å²) in [6.45, 7) is 22.9. The first-order valence-corrected chi connectivity index (χ1v) is 21.7. The number of aliphatic imine (C=N–C) groups is 1. The molecule has 1 aromatic rings. The Morgan fingerprint density at radius 1 is 1.05 bits per heavy atom. The molecule has 3 fully saturated rings. The summed E-state index contributed by atoms with van der Waals surface area (Å²) in [4.78, 5) is 48.4. The normalized spacial score (nSPS) is 39.0. The van der Waals surface area contributed by atoms with Crippen LogP contribution in [0.25, 0.3) is 6.08 Å². The predicted molar refractivity (Wildman–Crippen MR) is 230 cm³/mol. The summed E-state index contributed by atoms with van der Waals surface area (Å²) in [6.07, 6.45) is 6.06. The van der Waals surface area contributed by atoms with Gasteiger partial charge in [0.25, 0.3) is 0 Å². The highest BCUT2D eigenvalue weighted by atomic mass is 16.7. The van der Waals surface area contributed by atoms with Crippen LogP contribution in [0.4, 0.5) is 0 Å². The maximum absolute atomic E-state index is 14.7. The molecule has 13 atom stereocenters. The van der Waals surface area contributed by atoms with Gasteiger partial charge in [-0.3, -0.25) is 19.3 Å². The summed E-state index contributed by atoms with van der Waals surface area (Å²) in [5.74, 6) is -4.44. The molecule has 1 amide bonds. The van der Waals surface area contributed by atoms with Crippen LogP contribution in [0, 0.1) is 35.0 Å². The van der Waals surface area contributed by atoms with Crippen LogP contribution >= 0.6 is 0 Å². The van der Waals surface area contributed by atoms with E-state index < -0.39 is 59.3 Å². The topological polar surface area (TPSA) is 135 Å². The number of benzene rings is 1. The second-order valence-electron chi connectivity index (χ2n) is 19.3. The Morgan fingerprint density at radius 3 is 2.31 bits per heavy atom. The maximum atomic E-state index is 14.7. The van der Waals surface area contributed by atoms with Crippen molar-refractivity contribution in [1.82, 2.24) is 4.90 Å². The Kier molecular flexibility index (Phi) is 16.1. The Morgan fingerprint density at radius 2 is 1.71 bits per heavy atom. The van der Waals surface area contributed by atoms with Crippen molar-refractivity contribution in [2.45, 2.75) is 176 Å². The summed E-state index contributed by atoms with van der Waals surface area (Å²) >= 11 is 0.